The molecule has 3 N–H and O–H groups in total. The number of pyridine rings is 1. The van der Waals surface area contributed by atoms with Crippen LogP contribution < -0.4 is 11.1 Å². The molecule has 1 amide bonds. The van der Waals surface area contributed by atoms with Gasteiger partial charge in [0.25, 0.3) is 0 Å². The summed E-state index contributed by atoms with van der Waals surface area (Å²) in [5.41, 5.74) is 7.42. The number of nitrogens with zero attached hydrogens (tertiary/aromatic N) is 1. The molecule has 25 heavy (non-hydrogen) atoms. The van der Waals surface area contributed by atoms with Crippen molar-refractivity contribution >= 4 is 22.6 Å². The van der Waals surface area contributed by atoms with Gasteiger partial charge in [-0.2, -0.15) is 0 Å². The fourth-order valence-corrected chi connectivity index (χ4v) is 2.69. The van der Waals surface area contributed by atoms with Gasteiger partial charge >= 0.3 is 0 Å². The lowest BCUT2D eigenvalue weighted by Crippen LogP contribution is -2.27. The molecule has 0 bridgehead atoms. The van der Waals surface area contributed by atoms with Crippen molar-refractivity contribution in [3.05, 3.63) is 71.5 Å². The molecule has 0 spiro atoms. The van der Waals surface area contributed by atoms with E-state index in [1.54, 1.807) is 30.3 Å². The predicted molar refractivity (Wildman–Crippen MR) is 98.2 cm³/mol. The summed E-state index contributed by atoms with van der Waals surface area (Å²) in [7, 11) is 0. The number of halogens is 1. The van der Waals surface area contributed by atoms with Crippen LogP contribution in [0.4, 0.5) is 10.2 Å². The summed E-state index contributed by atoms with van der Waals surface area (Å²) in [5, 5.41) is 4.19. The van der Waals surface area contributed by atoms with Gasteiger partial charge in [0.2, 0.25) is 5.91 Å². The molecule has 3 rings (SSSR count). The van der Waals surface area contributed by atoms with Crippen LogP contribution in [0.15, 0.2) is 54.6 Å². The molecule has 3 aromatic rings. The van der Waals surface area contributed by atoms with Crippen molar-refractivity contribution in [1.82, 2.24) is 4.98 Å². The molecule has 1 heterocycles. The van der Waals surface area contributed by atoms with Crippen LogP contribution in [0.2, 0.25) is 0 Å². The number of primary amides is 1. The fraction of sp³-hybridized carbons (Fsp3) is 0.200. The van der Waals surface area contributed by atoms with Crippen molar-refractivity contribution in [2.24, 2.45) is 5.73 Å². The van der Waals surface area contributed by atoms with Crippen molar-refractivity contribution in [2.45, 2.75) is 19.3 Å². The Hall–Kier alpha value is -2.95. The minimum atomic E-state index is -0.454. The molecule has 5 heteroatoms. The van der Waals surface area contributed by atoms with Crippen molar-refractivity contribution in [2.75, 3.05) is 11.9 Å². The zero-order chi connectivity index (χ0) is 18.0. The van der Waals surface area contributed by atoms with Crippen molar-refractivity contribution in [3.8, 4) is 0 Å². The molecule has 0 aliphatic carbocycles. The van der Waals surface area contributed by atoms with Crippen LogP contribution >= 0.6 is 0 Å². The van der Waals surface area contributed by atoms with Gasteiger partial charge in [-0.25, -0.2) is 9.37 Å². The third-order valence-electron chi connectivity index (χ3n) is 4.31. The van der Waals surface area contributed by atoms with E-state index in [0.717, 1.165) is 22.3 Å². The summed E-state index contributed by atoms with van der Waals surface area (Å²) in [4.78, 5) is 15.8. The Morgan fingerprint density at radius 3 is 2.52 bits per heavy atom. The molecule has 0 unspecified atom stereocenters. The number of nitrogens with two attached hydrogens (primary N) is 1. The van der Waals surface area contributed by atoms with Crippen LogP contribution in [0.3, 0.4) is 0 Å². The molecule has 0 aliphatic rings. The zero-order valence-electron chi connectivity index (χ0n) is 14.2. The first-order valence-corrected chi connectivity index (χ1v) is 8.06. The van der Waals surface area contributed by atoms with Gasteiger partial charge in [-0.15, -0.1) is 0 Å². The minimum absolute atomic E-state index is 0.180. The Bertz CT molecular complexity index is 920. The number of anilines is 1. The summed E-state index contributed by atoms with van der Waals surface area (Å²) < 4.78 is 13.1. The smallest absolute Gasteiger partial charge is 0.248 e. The number of amides is 1. The number of hydrogen-bond donors (Lipinski definition) is 2. The highest BCUT2D eigenvalue weighted by Crippen LogP contribution is 2.24. The molecule has 0 radical (unpaired) electrons. The average Bonchev–Trinajstić information content (AvgIpc) is 2.59. The Balaban J connectivity index is 1.77. The van der Waals surface area contributed by atoms with Crippen LogP contribution in [0.25, 0.3) is 10.9 Å². The first-order valence-electron chi connectivity index (χ1n) is 8.06. The molecule has 0 saturated heterocycles. The van der Waals surface area contributed by atoms with Gasteiger partial charge < -0.3 is 11.1 Å². The quantitative estimate of drug-likeness (QED) is 0.743. The topological polar surface area (TPSA) is 68.0 Å². The molecule has 0 saturated carbocycles. The van der Waals surface area contributed by atoms with E-state index in [9.17, 15) is 9.18 Å². The van der Waals surface area contributed by atoms with Crippen LogP contribution in [0.5, 0.6) is 0 Å². The van der Waals surface area contributed by atoms with E-state index in [2.05, 4.69) is 24.1 Å². The number of carbonyl (C=O) groups excluding carboxylic acids is 1. The second kappa shape index (κ2) is 6.51. The fourth-order valence-electron chi connectivity index (χ4n) is 2.69. The molecule has 0 fully saturated rings. The Kier molecular flexibility index (Phi) is 4.40. The average molecular weight is 337 g/mol. The number of carbonyl (C=O) groups is 1. The highest BCUT2D eigenvalue weighted by atomic mass is 19.1. The van der Waals surface area contributed by atoms with E-state index in [1.165, 1.54) is 12.1 Å². The molecule has 0 aliphatic heterocycles. The highest BCUT2D eigenvalue weighted by molar-refractivity contribution is 5.97. The number of rotatable bonds is 5. The predicted octanol–water partition coefficient (Wildman–Crippen LogP) is 3.86. The number of fused-ring (bicyclic) bond motifs is 1. The molecule has 128 valence electrons. The molecular formula is C20H20FN3O. The van der Waals surface area contributed by atoms with Gasteiger partial charge in [0.05, 0.1) is 5.52 Å². The Labute approximate surface area is 145 Å². The third kappa shape index (κ3) is 3.76. The second-order valence-corrected chi connectivity index (χ2v) is 6.71. The van der Waals surface area contributed by atoms with Crippen LogP contribution in [-0.4, -0.2) is 17.4 Å². The number of hydrogen-bond acceptors (Lipinski definition) is 3. The number of benzene rings is 2. The van der Waals surface area contributed by atoms with E-state index < -0.39 is 5.91 Å². The number of aromatic nitrogens is 1. The molecular weight excluding hydrogens is 317 g/mol. The molecule has 1 aromatic heterocycles. The van der Waals surface area contributed by atoms with Gasteiger partial charge in [0, 0.05) is 22.9 Å². The summed E-state index contributed by atoms with van der Waals surface area (Å²) in [6.07, 6.45) is 0. The van der Waals surface area contributed by atoms with Gasteiger partial charge in [0.1, 0.15) is 11.6 Å². The lowest BCUT2D eigenvalue weighted by atomic mass is 9.84. The first-order chi connectivity index (χ1) is 11.8. The molecule has 0 atom stereocenters. The summed E-state index contributed by atoms with van der Waals surface area (Å²) in [6.45, 7) is 4.83. The summed E-state index contributed by atoms with van der Waals surface area (Å²) >= 11 is 0. The summed E-state index contributed by atoms with van der Waals surface area (Å²) in [5.74, 6) is 0.0543. The zero-order valence-corrected chi connectivity index (χ0v) is 14.2. The maximum atomic E-state index is 13.1. The second-order valence-electron chi connectivity index (χ2n) is 6.71. The number of nitrogens with one attached hydrogen (secondary N) is 1. The normalized spacial score (nSPS) is 11.5. The SMILES string of the molecule is CC(C)(CNc1ccc2cc(C(N)=O)ccc2n1)c1ccc(F)cc1. The van der Waals surface area contributed by atoms with E-state index in [4.69, 9.17) is 5.73 Å². The van der Waals surface area contributed by atoms with Gasteiger partial charge in [-0.05, 0) is 48.0 Å². The monoisotopic (exact) mass is 337 g/mol. The van der Waals surface area contributed by atoms with E-state index in [-0.39, 0.29) is 11.2 Å². The van der Waals surface area contributed by atoms with Crippen LogP contribution in [0, 0.1) is 5.82 Å². The van der Waals surface area contributed by atoms with Crippen molar-refractivity contribution < 1.29 is 9.18 Å². The minimum Gasteiger partial charge on any atom is -0.369 e. The standard InChI is InChI=1S/C20H20FN3O/c1-20(2,15-5-7-16(21)8-6-15)12-23-18-10-4-13-11-14(19(22)25)3-9-17(13)24-18/h3-11H,12H2,1-2H3,(H2,22,25)(H,23,24). The first kappa shape index (κ1) is 16.9. The lowest BCUT2D eigenvalue weighted by molar-refractivity contribution is 0.100. The van der Waals surface area contributed by atoms with E-state index in [0.29, 0.717) is 12.1 Å². The molecule has 2 aromatic carbocycles. The Morgan fingerprint density at radius 2 is 1.84 bits per heavy atom. The van der Waals surface area contributed by atoms with Gasteiger partial charge in [-0.1, -0.05) is 26.0 Å². The van der Waals surface area contributed by atoms with Crippen LogP contribution in [0.1, 0.15) is 29.8 Å². The van der Waals surface area contributed by atoms with Crippen LogP contribution in [-0.2, 0) is 5.41 Å². The van der Waals surface area contributed by atoms with Crippen molar-refractivity contribution in [1.29, 1.82) is 0 Å². The van der Waals surface area contributed by atoms with E-state index in [1.807, 2.05) is 12.1 Å². The third-order valence-corrected chi connectivity index (χ3v) is 4.31. The molecule has 4 nitrogen and oxygen atoms in total. The largest absolute Gasteiger partial charge is 0.369 e. The lowest BCUT2D eigenvalue weighted by Gasteiger charge is -2.26. The highest BCUT2D eigenvalue weighted by Gasteiger charge is 2.20. The summed E-state index contributed by atoms with van der Waals surface area (Å²) in [6, 6.07) is 15.5. The van der Waals surface area contributed by atoms with Gasteiger partial charge in [-0.3, -0.25) is 4.79 Å². The maximum absolute atomic E-state index is 13.1. The maximum Gasteiger partial charge on any atom is 0.248 e. The van der Waals surface area contributed by atoms with E-state index >= 15 is 0 Å². The van der Waals surface area contributed by atoms with Gasteiger partial charge in [0.15, 0.2) is 0 Å². The van der Waals surface area contributed by atoms with Crippen molar-refractivity contribution in [3.63, 3.8) is 0 Å². The Morgan fingerprint density at radius 1 is 1.12 bits per heavy atom.